The Morgan fingerprint density at radius 3 is 2.57 bits per heavy atom. The van der Waals surface area contributed by atoms with Crippen molar-refractivity contribution < 1.29 is 14.3 Å². The lowest BCUT2D eigenvalue weighted by Crippen LogP contribution is -2.35. The van der Waals surface area contributed by atoms with Gasteiger partial charge in [0.25, 0.3) is 5.91 Å². The zero-order chi connectivity index (χ0) is 19.3. The number of benzene rings is 2. The topological polar surface area (TPSA) is 108 Å². The van der Waals surface area contributed by atoms with Crippen LogP contribution in [0, 0.1) is 0 Å². The number of aromatic amines is 1. The van der Waals surface area contributed by atoms with Gasteiger partial charge in [0.2, 0.25) is 0 Å². The van der Waals surface area contributed by atoms with E-state index >= 15 is 0 Å². The van der Waals surface area contributed by atoms with Gasteiger partial charge in [0.1, 0.15) is 0 Å². The van der Waals surface area contributed by atoms with E-state index in [1.54, 1.807) is 24.3 Å². The van der Waals surface area contributed by atoms with Crippen molar-refractivity contribution in [2.75, 3.05) is 23.8 Å². The molecular formula is C20H21N5O3. The van der Waals surface area contributed by atoms with Gasteiger partial charge in [-0.3, -0.25) is 9.89 Å². The fourth-order valence-corrected chi connectivity index (χ4v) is 3.15. The van der Waals surface area contributed by atoms with Gasteiger partial charge >= 0.3 is 6.03 Å². The van der Waals surface area contributed by atoms with E-state index in [2.05, 4.69) is 26.1 Å². The van der Waals surface area contributed by atoms with Gasteiger partial charge in [-0.25, -0.2) is 4.79 Å². The number of para-hydroxylation sites is 1. The molecule has 1 unspecified atom stereocenters. The van der Waals surface area contributed by atoms with Crippen LogP contribution in [-0.2, 0) is 4.74 Å². The molecule has 1 aromatic heterocycles. The molecule has 4 N–H and O–H groups in total. The fourth-order valence-electron chi connectivity index (χ4n) is 3.15. The first-order valence-electron chi connectivity index (χ1n) is 9.20. The molecular weight excluding hydrogens is 358 g/mol. The highest BCUT2D eigenvalue weighted by atomic mass is 16.5. The monoisotopic (exact) mass is 379 g/mol. The molecule has 0 bridgehead atoms. The number of rotatable bonds is 5. The second-order valence-corrected chi connectivity index (χ2v) is 6.62. The lowest BCUT2D eigenvalue weighted by molar-refractivity contribution is 0.102. The molecule has 3 aromatic rings. The molecule has 0 spiro atoms. The number of hydrogen-bond donors (Lipinski definition) is 4. The largest absolute Gasteiger partial charge is 0.376 e. The van der Waals surface area contributed by atoms with E-state index in [0.717, 1.165) is 30.4 Å². The number of amides is 3. The Balaban J connectivity index is 1.32. The van der Waals surface area contributed by atoms with Crippen molar-refractivity contribution >= 4 is 34.2 Å². The van der Waals surface area contributed by atoms with Crippen molar-refractivity contribution in [2.45, 2.75) is 18.9 Å². The molecule has 8 heteroatoms. The smallest absolute Gasteiger partial charge is 0.319 e. The summed E-state index contributed by atoms with van der Waals surface area (Å²) in [4.78, 5) is 24.4. The summed E-state index contributed by atoms with van der Waals surface area (Å²) in [5.74, 6) is -0.299. The third-order valence-electron chi connectivity index (χ3n) is 4.60. The first-order valence-corrected chi connectivity index (χ1v) is 9.20. The highest BCUT2D eigenvalue weighted by Crippen LogP contribution is 2.18. The van der Waals surface area contributed by atoms with E-state index in [4.69, 9.17) is 4.74 Å². The number of hydrogen-bond acceptors (Lipinski definition) is 4. The standard InChI is InChI=1S/C20H21N5O3/c26-19(18-16-5-1-2-6-17(16)24-25-18)22-13-7-9-14(10-8-13)23-20(27)21-12-15-4-3-11-28-15/h1-2,5-10,15H,3-4,11-12H2,(H,22,26)(H,24,25)(H2,21,23,27). The van der Waals surface area contributed by atoms with Crippen LogP contribution in [0.4, 0.5) is 16.2 Å². The Morgan fingerprint density at radius 1 is 1.07 bits per heavy atom. The van der Waals surface area contributed by atoms with Crippen LogP contribution in [0.2, 0.25) is 0 Å². The second kappa shape index (κ2) is 8.10. The van der Waals surface area contributed by atoms with Gasteiger partial charge in [-0.1, -0.05) is 18.2 Å². The van der Waals surface area contributed by atoms with E-state index in [0.29, 0.717) is 23.6 Å². The Labute approximate surface area is 161 Å². The molecule has 1 fully saturated rings. The summed E-state index contributed by atoms with van der Waals surface area (Å²) in [7, 11) is 0. The molecule has 1 aliphatic rings. The molecule has 28 heavy (non-hydrogen) atoms. The van der Waals surface area contributed by atoms with E-state index in [1.165, 1.54) is 0 Å². The van der Waals surface area contributed by atoms with E-state index in [9.17, 15) is 9.59 Å². The normalized spacial score (nSPS) is 16.1. The van der Waals surface area contributed by atoms with Gasteiger partial charge < -0.3 is 20.7 Å². The molecule has 2 heterocycles. The summed E-state index contributed by atoms with van der Waals surface area (Å²) >= 11 is 0. The van der Waals surface area contributed by atoms with Crippen LogP contribution in [0.25, 0.3) is 10.9 Å². The number of nitrogens with zero attached hydrogens (tertiary/aromatic N) is 1. The number of carbonyl (C=O) groups excluding carboxylic acids is 2. The van der Waals surface area contributed by atoms with Gasteiger partial charge in [0.15, 0.2) is 5.69 Å². The van der Waals surface area contributed by atoms with Crippen molar-refractivity contribution in [2.24, 2.45) is 0 Å². The van der Waals surface area contributed by atoms with Gasteiger partial charge in [-0.15, -0.1) is 0 Å². The predicted octanol–water partition coefficient (Wildman–Crippen LogP) is 3.12. The number of fused-ring (bicyclic) bond motifs is 1. The zero-order valence-electron chi connectivity index (χ0n) is 15.2. The molecule has 0 radical (unpaired) electrons. The SMILES string of the molecule is O=C(NCC1CCCO1)Nc1ccc(NC(=O)c2n[nH]c3ccccc23)cc1. The number of nitrogens with one attached hydrogen (secondary N) is 4. The number of H-pyrrole nitrogens is 1. The van der Waals surface area contributed by atoms with Crippen molar-refractivity contribution in [1.29, 1.82) is 0 Å². The van der Waals surface area contributed by atoms with E-state index in [-0.39, 0.29) is 18.0 Å². The number of anilines is 2. The summed E-state index contributed by atoms with van der Waals surface area (Å²) < 4.78 is 5.47. The molecule has 4 rings (SSSR count). The Kier molecular flexibility index (Phi) is 5.20. The Bertz CT molecular complexity index is 977. The summed E-state index contributed by atoms with van der Waals surface area (Å²) in [6.07, 6.45) is 2.11. The number of urea groups is 1. The Hall–Kier alpha value is -3.39. The summed E-state index contributed by atoms with van der Waals surface area (Å²) in [5.41, 5.74) is 2.39. The van der Waals surface area contributed by atoms with Crippen LogP contribution in [0.3, 0.4) is 0 Å². The molecule has 8 nitrogen and oxygen atoms in total. The highest BCUT2D eigenvalue weighted by molar-refractivity contribution is 6.11. The molecule has 2 aromatic carbocycles. The summed E-state index contributed by atoms with van der Waals surface area (Å²) in [6, 6.07) is 14.1. The van der Waals surface area contributed by atoms with Crippen LogP contribution < -0.4 is 16.0 Å². The lowest BCUT2D eigenvalue weighted by atomic mass is 10.2. The van der Waals surface area contributed by atoms with Gasteiger partial charge in [0.05, 0.1) is 11.6 Å². The number of carbonyl (C=O) groups is 2. The van der Waals surface area contributed by atoms with E-state index in [1.807, 2.05) is 24.3 Å². The maximum atomic E-state index is 12.5. The quantitative estimate of drug-likeness (QED) is 0.546. The fraction of sp³-hybridized carbons (Fsp3) is 0.250. The lowest BCUT2D eigenvalue weighted by Gasteiger charge is -2.12. The third kappa shape index (κ3) is 4.12. The first kappa shape index (κ1) is 18.0. The molecule has 1 aliphatic heterocycles. The molecule has 0 saturated carbocycles. The van der Waals surface area contributed by atoms with E-state index < -0.39 is 0 Å². The number of ether oxygens (including phenoxy) is 1. The minimum atomic E-state index is -0.299. The molecule has 1 atom stereocenters. The van der Waals surface area contributed by atoms with Crippen molar-refractivity contribution in [1.82, 2.24) is 15.5 Å². The van der Waals surface area contributed by atoms with Crippen molar-refractivity contribution in [3.8, 4) is 0 Å². The van der Waals surface area contributed by atoms with Crippen molar-refractivity contribution in [3.63, 3.8) is 0 Å². The van der Waals surface area contributed by atoms with Crippen LogP contribution >= 0.6 is 0 Å². The highest BCUT2D eigenvalue weighted by Gasteiger charge is 2.16. The van der Waals surface area contributed by atoms with Crippen LogP contribution in [0.15, 0.2) is 48.5 Å². The summed E-state index contributed by atoms with van der Waals surface area (Å²) in [5, 5.41) is 16.1. The van der Waals surface area contributed by atoms with Crippen LogP contribution in [0.5, 0.6) is 0 Å². The molecule has 1 saturated heterocycles. The zero-order valence-corrected chi connectivity index (χ0v) is 15.2. The predicted molar refractivity (Wildman–Crippen MR) is 106 cm³/mol. The maximum Gasteiger partial charge on any atom is 0.319 e. The van der Waals surface area contributed by atoms with Crippen molar-refractivity contribution in [3.05, 3.63) is 54.2 Å². The Morgan fingerprint density at radius 2 is 1.82 bits per heavy atom. The average Bonchev–Trinajstić information content (AvgIpc) is 3.37. The average molecular weight is 379 g/mol. The minimum absolute atomic E-state index is 0.0986. The van der Waals surface area contributed by atoms with Crippen LogP contribution in [-0.4, -0.2) is 41.4 Å². The number of aromatic nitrogens is 2. The molecule has 3 amide bonds. The molecule has 0 aliphatic carbocycles. The van der Waals surface area contributed by atoms with Gasteiger partial charge in [0, 0.05) is 29.9 Å². The first-order chi connectivity index (χ1) is 13.7. The van der Waals surface area contributed by atoms with Crippen LogP contribution in [0.1, 0.15) is 23.3 Å². The molecule has 144 valence electrons. The minimum Gasteiger partial charge on any atom is -0.376 e. The van der Waals surface area contributed by atoms with Gasteiger partial charge in [-0.05, 0) is 43.2 Å². The van der Waals surface area contributed by atoms with Gasteiger partial charge in [-0.2, -0.15) is 5.10 Å². The second-order valence-electron chi connectivity index (χ2n) is 6.62. The third-order valence-corrected chi connectivity index (χ3v) is 4.60. The maximum absolute atomic E-state index is 12.5. The summed E-state index contributed by atoms with van der Waals surface area (Å²) in [6.45, 7) is 1.26.